The Morgan fingerprint density at radius 1 is 1.42 bits per heavy atom. The summed E-state index contributed by atoms with van der Waals surface area (Å²) >= 11 is 5.75. The number of rotatable bonds is 7. The molecule has 0 bridgehead atoms. The summed E-state index contributed by atoms with van der Waals surface area (Å²) < 4.78 is 0. The van der Waals surface area contributed by atoms with Gasteiger partial charge in [-0.1, -0.05) is 18.5 Å². The van der Waals surface area contributed by atoms with Crippen molar-refractivity contribution in [3.63, 3.8) is 0 Å². The minimum atomic E-state index is -0.637. The van der Waals surface area contributed by atoms with Crippen LogP contribution >= 0.6 is 11.6 Å². The third kappa shape index (κ3) is 5.96. The van der Waals surface area contributed by atoms with Gasteiger partial charge in [0.2, 0.25) is 5.91 Å². The fourth-order valence-corrected chi connectivity index (χ4v) is 1.96. The quantitative estimate of drug-likeness (QED) is 0.445. The van der Waals surface area contributed by atoms with Crippen molar-refractivity contribution in [1.82, 2.24) is 10.7 Å². The minimum absolute atomic E-state index is 0.0611. The normalized spacial score (nSPS) is 12.4. The molecule has 0 heterocycles. The van der Waals surface area contributed by atoms with E-state index in [2.05, 4.69) is 15.8 Å². The zero-order valence-corrected chi connectivity index (χ0v) is 14.4. The molecule has 1 unspecified atom stereocenters. The second kappa shape index (κ2) is 8.97. The maximum Gasteiger partial charge on any atom is 0.287 e. The summed E-state index contributed by atoms with van der Waals surface area (Å²) in [6, 6.07) is 3.69. The first kappa shape index (κ1) is 19.6. The van der Waals surface area contributed by atoms with E-state index in [4.69, 9.17) is 11.6 Å². The first-order valence-corrected chi connectivity index (χ1v) is 7.69. The van der Waals surface area contributed by atoms with Gasteiger partial charge < -0.3 is 5.32 Å². The third-order valence-electron chi connectivity index (χ3n) is 3.19. The van der Waals surface area contributed by atoms with Crippen molar-refractivity contribution in [2.24, 2.45) is 5.10 Å². The molecular weight excluding hydrogens is 336 g/mol. The van der Waals surface area contributed by atoms with Gasteiger partial charge in [-0.05, 0) is 32.4 Å². The van der Waals surface area contributed by atoms with Crippen LogP contribution in [0.25, 0.3) is 0 Å². The Bertz CT molecular complexity index is 675. The van der Waals surface area contributed by atoms with Gasteiger partial charge >= 0.3 is 0 Å². The molecule has 0 aliphatic carbocycles. The van der Waals surface area contributed by atoms with Crippen molar-refractivity contribution in [1.29, 1.82) is 0 Å². The van der Waals surface area contributed by atoms with Gasteiger partial charge in [0.05, 0.1) is 11.3 Å². The number of hydrogen-bond donors (Lipinski definition) is 2. The topological polar surface area (TPSA) is 114 Å². The number of nitro benzene ring substituents is 1. The molecule has 0 saturated heterocycles. The van der Waals surface area contributed by atoms with Crippen molar-refractivity contribution in [2.45, 2.75) is 39.7 Å². The summed E-state index contributed by atoms with van der Waals surface area (Å²) in [6.45, 7) is 5.46. The Labute approximate surface area is 144 Å². The molecule has 130 valence electrons. The summed E-state index contributed by atoms with van der Waals surface area (Å²) in [4.78, 5) is 33.7. The average Bonchev–Trinajstić information content (AvgIpc) is 2.51. The zero-order chi connectivity index (χ0) is 18.3. The van der Waals surface area contributed by atoms with E-state index in [1.165, 1.54) is 12.1 Å². The van der Waals surface area contributed by atoms with Gasteiger partial charge in [-0.2, -0.15) is 5.10 Å². The monoisotopic (exact) mass is 354 g/mol. The second-order valence-electron chi connectivity index (χ2n) is 5.26. The van der Waals surface area contributed by atoms with Gasteiger partial charge in [0.1, 0.15) is 5.02 Å². The van der Waals surface area contributed by atoms with Gasteiger partial charge in [-0.15, -0.1) is 0 Å². The fraction of sp³-hybridized carbons (Fsp3) is 0.400. The van der Waals surface area contributed by atoms with Gasteiger partial charge in [0.25, 0.3) is 11.6 Å². The number of nitrogens with zero attached hydrogens (tertiary/aromatic N) is 2. The molecule has 9 heteroatoms. The molecule has 2 N–H and O–H groups in total. The first-order valence-electron chi connectivity index (χ1n) is 7.31. The van der Waals surface area contributed by atoms with E-state index < -0.39 is 10.8 Å². The van der Waals surface area contributed by atoms with E-state index in [1.807, 2.05) is 13.8 Å². The standard InChI is InChI=1S/C15H19ClN4O4/c1-4-9(2)17-14(21)7-10(3)18-19-15(22)11-5-6-13(20(23)24)12(16)8-11/h5-6,8-9H,4,7H2,1-3H3,(H,17,21)(H,19,22)/b18-10+. The minimum Gasteiger partial charge on any atom is -0.353 e. The molecule has 0 saturated carbocycles. The second-order valence-corrected chi connectivity index (χ2v) is 5.67. The molecule has 1 aromatic rings. The van der Waals surface area contributed by atoms with Gasteiger partial charge in [0.15, 0.2) is 0 Å². The highest BCUT2D eigenvalue weighted by Gasteiger charge is 2.15. The Morgan fingerprint density at radius 2 is 2.08 bits per heavy atom. The summed E-state index contributed by atoms with van der Waals surface area (Å²) in [5, 5.41) is 17.2. The summed E-state index contributed by atoms with van der Waals surface area (Å²) in [6.07, 6.45) is 0.880. The van der Waals surface area contributed by atoms with Crippen LogP contribution in [0.4, 0.5) is 5.69 Å². The molecule has 0 aromatic heterocycles. The first-order chi connectivity index (χ1) is 11.2. The van der Waals surface area contributed by atoms with E-state index in [0.717, 1.165) is 12.5 Å². The molecule has 0 radical (unpaired) electrons. The Kier molecular flexibility index (Phi) is 7.31. The van der Waals surface area contributed by atoms with Crippen molar-refractivity contribution < 1.29 is 14.5 Å². The Morgan fingerprint density at radius 3 is 2.62 bits per heavy atom. The lowest BCUT2D eigenvalue weighted by atomic mass is 10.2. The third-order valence-corrected chi connectivity index (χ3v) is 3.49. The van der Waals surface area contributed by atoms with Crippen molar-refractivity contribution in [2.75, 3.05) is 0 Å². The lowest BCUT2D eigenvalue weighted by Gasteiger charge is -2.11. The maximum absolute atomic E-state index is 11.9. The number of amides is 2. The van der Waals surface area contributed by atoms with Gasteiger partial charge in [-0.3, -0.25) is 19.7 Å². The summed E-state index contributed by atoms with van der Waals surface area (Å²) in [7, 11) is 0. The lowest BCUT2D eigenvalue weighted by molar-refractivity contribution is -0.384. The molecule has 0 aliphatic heterocycles. The van der Waals surface area contributed by atoms with Crippen LogP contribution in [0.15, 0.2) is 23.3 Å². The van der Waals surface area contributed by atoms with E-state index in [9.17, 15) is 19.7 Å². The van der Waals surface area contributed by atoms with Crippen molar-refractivity contribution >= 4 is 34.8 Å². The van der Waals surface area contributed by atoms with Crippen LogP contribution in [0.1, 0.15) is 44.0 Å². The smallest absolute Gasteiger partial charge is 0.287 e. The molecule has 8 nitrogen and oxygen atoms in total. The number of hydrogen-bond acceptors (Lipinski definition) is 5. The molecular formula is C15H19ClN4O4. The predicted molar refractivity (Wildman–Crippen MR) is 91.2 cm³/mol. The highest BCUT2D eigenvalue weighted by Crippen LogP contribution is 2.24. The highest BCUT2D eigenvalue weighted by molar-refractivity contribution is 6.33. The Hall–Kier alpha value is -2.48. The maximum atomic E-state index is 11.9. The van der Waals surface area contributed by atoms with E-state index in [1.54, 1.807) is 6.92 Å². The van der Waals surface area contributed by atoms with Crippen molar-refractivity contribution in [3.05, 3.63) is 38.9 Å². The molecule has 1 atom stereocenters. The van der Waals surface area contributed by atoms with Crippen LogP contribution in [0.2, 0.25) is 5.02 Å². The van der Waals surface area contributed by atoms with Crippen LogP contribution in [0.5, 0.6) is 0 Å². The van der Waals surface area contributed by atoms with Gasteiger partial charge in [0, 0.05) is 23.4 Å². The number of halogens is 1. The largest absolute Gasteiger partial charge is 0.353 e. The van der Waals surface area contributed by atoms with Crippen LogP contribution < -0.4 is 10.7 Å². The SMILES string of the molecule is CCC(C)NC(=O)C/C(C)=N/NC(=O)c1ccc([N+](=O)[O-])c(Cl)c1. The molecule has 0 spiro atoms. The Balaban J connectivity index is 2.66. The molecule has 1 rings (SSSR count). The van der Waals surface area contributed by atoms with Crippen LogP contribution in [0, 0.1) is 10.1 Å². The number of benzene rings is 1. The van der Waals surface area contributed by atoms with Crippen molar-refractivity contribution in [3.8, 4) is 0 Å². The van der Waals surface area contributed by atoms with Crippen LogP contribution in [-0.2, 0) is 4.79 Å². The lowest BCUT2D eigenvalue weighted by Crippen LogP contribution is -2.33. The fourth-order valence-electron chi connectivity index (χ4n) is 1.71. The van der Waals surface area contributed by atoms with Crippen LogP contribution in [-0.4, -0.2) is 28.5 Å². The molecule has 2 amide bonds. The highest BCUT2D eigenvalue weighted by atomic mass is 35.5. The van der Waals surface area contributed by atoms with Crippen LogP contribution in [0.3, 0.4) is 0 Å². The molecule has 0 fully saturated rings. The molecule has 0 aliphatic rings. The molecule has 1 aromatic carbocycles. The zero-order valence-electron chi connectivity index (χ0n) is 13.6. The van der Waals surface area contributed by atoms with E-state index in [-0.39, 0.29) is 34.6 Å². The summed E-state index contributed by atoms with van der Waals surface area (Å²) in [5.74, 6) is -0.758. The number of carbonyl (C=O) groups is 2. The molecule has 24 heavy (non-hydrogen) atoms. The number of hydrazone groups is 1. The van der Waals surface area contributed by atoms with E-state index in [0.29, 0.717) is 5.71 Å². The number of nitrogens with one attached hydrogen (secondary N) is 2. The predicted octanol–water partition coefficient (Wildman–Crippen LogP) is 2.66. The van der Waals surface area contributed by atoms with E-state index >= 15 is 0 Å². The van der Waals surface area contributed by atoms with Gasteiger partial charge in [-0.25, -0.2) is 5.43 Å². The summed E-state index contributed by atoms with van der Waals surface area (Å²) in [5.41, 5.74) is 2.56. The number of carbonyl (C=O) groups excluding carboxylic acids is 2. The number of nitro groups is 1. The average molecular weight is 355 g/mol.